The third-order valence-electron chi connectivity index (χ3n) is 3.24. The second kappa shape index (κ2) is 5.18. The van der Waals surface area contributed by atoms with E-state index in [1.54, 1.807) is 0 Å². The average molecular weight is 302 g/mol. The summed E-state index contributed by atoms with van der Waals surface area (Å²) in [7, 11) is 0. The van der Waals surface area contributed by atoms with E-state index in [4.69, 9.17) is 11.6 Å². The fraction of sp³-hybridized carbons (Fsp3) is 0.133. The molecule has 0 aliphatic heterocycles. The summed E-state index contributed by atoms with van der Waals surface area (Å²) in [5, 5.41) is 0.960. The monoisotopic (exact) mass is 301 g/mol. The Morgan fingerprint density at radius 3 is 2.86 bits per heavy atom. The van der Waals surface area contributed by atoms with Gasteiger partial charge in [-0.05, 0) is 24.6 Å². The number of aromatic nitrogens is 3. The van der Waals surface area contributed by atoms with Crippen molar-refractivity contribution in [2.75, 3.05) is 0 Å². The molecule has 0 saturated heterocycles. The minimum absolute atomic E-state index is 0.00955. The number of hydrogen-bond acceptors (Lipinski definition) is 3. The largest absolute Gasteiger partial charge is 0.328 e. The Morgan fingerprint density at radius 1 is 1.29 bits per heavy atom. The molecule has 0 bridgehead atoms. The molecule has 3 aromatic rings. The molecule has 0 aliphatic rings. The van der Waals surface area contributed by atoms with Gasteiger partial charge in [0.1, 0.15) is 5.02 Å². The molecule has 2 heterocycles. The Balaban J connectivity index is 2.16. The van der Waals surface area contributed by atoms with Gasteiger partial charge in [0.05, 0.1) is 12.1 Å². The van der Waals surface area contributed by atoms with Gasteiger partial charge in [-0.3, -0.25) is 19.3 Å². The highest BCUT2D eigenvalue weighted by Gasteiger charge is 2.07. The summed E-state index contributed by atoms with van der Waals surface area (Å²) in [4.78, 5) is 29.8. The second-order valence-corrected chi connectivity index (χ2v) is 5.21. The first-order chi connectivity index (χ1) is 10.0. The van der Waals surface area contributed by atoms with Gasteiger partial charge in [-0.1, -0.05) is 29.8 Å². The van der Waals surface area contributed by atoms with Crippen molar-refractivity contribution >= 4 is 22.5 Å². The van der Waals surface area contributed by atoms with Crippen LogP contribution in [0.5, 0.6) is 0 Å². The van der Waals surface area contributed by atoms with Crippen LogP contribution in [0.3, 0.4) is 0 Å². The van der Waals surface area contributed by atoms with Crippen molar-refractivity contribution < 1.29 is 0 Å². The van der Waals surface area contributed by atoms with Crippen molar-refractivity contribution in [3.05, 3.63) is 73.6 Å². The summed E-state index contributed by atoms with van der Waals surface area (Å²) in [6, 6.07) is 9.64. The summed E-state index contributed by atoms with van der Waals surface area (Å²) < 4.78 is 1.38. The van der Waals surface area contributed by atoms with Gasteiger partial charge in [0.15, 0.2) is 0 Å². The molecular weight excluding hydrogens is 290 g/mol. The molecule has 106 valence electrons. The summed E-state index contributed by atoms with van der Waals surface area (Å²) >= 11 is 5.79. The topological polar surface area (TPSA) is 67.8 Å². The molecule has 21 heavy (non-hydrogen) atoms. The molecule has 0 saturated carbocycles. The third kappa shape index (κ3) is 2.60. The maximum absolute atomic E-state index is 11.9. The first-order valence-corrected chi connectivity index (χ1v) is 6.77. The number of aryl methyl sites for hydroxylation is 1. The zero-order chi connectivity index (χ0) is 15.0. The fourth-order valence-corrected chi connectivity index (χ4v) is 2.47. The summed E-state index contributed by atoms with van der Waals surface area (Å²) in [5.41, 5.74) is 1.63. The van der Waals surface area contributed by atoms with E-state index in [2.05, 4.69) is 9.97 Å². The van der Waals surface area contributed by atoms with E-state index in [1.807, 2.05) is 37.3 Å². The average Bonchev–Trinajstić information content (AvgIpc) is 2.44. The Bertz CT molecular complexity index is 944. The molecule has 1 aromatic carbocycles. The maximum Gasteiger partial charge on any atom is 0.328 e. The molecule has 1 N–H and O–H groups in total. The number of hydrogen-bond donors (Lipinski definition) is 1. The molecule has 0 unspecified atom stereocenters. The van der Waals surface area contributed by atoms with Crippen molar-refractivity contribution in [3.63, 3.8) is 0 Å². The highest BCUT2D eigenvalue weighted by atomic mass is 35.5. The van der Waals surface area contributed by atoms with Crippen LogP contribution in [0.15, 0.2) is 46.1 Å². The van der Waals surface area contributed by atoms with Gasteiger partial charge >= 0.3 is 5.69 Å². The zero-order valence-corrected chi connectivity index (χ0v) is 12.0. The number of H-pyrrole nitrogens is 1. The predicted molar refractivity (Wildman–Crippen MR) is 81.9 cm³/mol. The van der Waals surface area contributed by atoms with Crippen LogP contribution in [-0.4, -0.2) is 14.5 Å². The number of fused-ring (bicyclic) bond motifs is 1. The molecule has 0 spiro atoms. The number of aromatic amines is 1. The Labute approximate surface area is 124 Å². The van der Waals surface area contributed by atoms with Crippen molar-refractivity contribution in [2.24, 2.45) is 0 Å². The normalized spacial score (nSPS) is 11.0. The van der Waals surface area contributed by atoms with E-state index < -0.39 is 11.2 Å². The van der Waals surface area contributed by atoms with Crippen molar-refractivity contribution in [2.45, 2.75) is 13.5 Å². The molecule has 6 heteroatoms. The minimum atomic E-state index is -0.575. The Hall–Kier alpha value is -2.40. The fourth-order valence-electron chi connectivity index (χ4n) is 2.31. The molecule has 0 aliphatic carbocycles. The van der Waals surface area contributed by atoms with Crippen LogP contribution in [-0.2, 0) is 6.54 Å². The quantitative estimate of drug-likeness (QED) is 0.788. The predicted octanol–water partition coefficient (Wildman–Crippen LogP) is 2.09. The number of benzene rings is 1. The summed E-state index contributed by atoms with van der Waals surface area (Å²) in [6.45, 7) is 2.22. The van der Waals surface area contributed by atoms with Crippen molar-refractivity contribution in [1.29, 1.82) is 0 Å². The van der Waals surface area contributed by atoms with Crippen LogP contribution in [0.2, 0.25) is 5.02 Å². The van der Waals surface area contributed by atoms with Gasteiger partial charge in [0.25, 0.3) is 5.56 Å². The van der Waals surface area contributed by atoms with Crippen LogP contribution >= 0.6 is 11.6 Å². The number of pyridine rings is 1. The lowest BCUT2D eigenvalue weighted by molar-refractivity contribution is 0.723. The van der Waals surface area contributed by atoms with Crippen LogP contribution in [0, 0.1) is 6.92 Å². The Morgan fingerprint density at radius 2 is 2.05 bits per heavy atom. The van der Waals surface area contributed by atoms with E-state index in [0.29, 0.717) is 6.54 Å². The highest BCUT2D eigenvalue weighted by Crippen LogP contribution is 2.18. The number of nitrogens with zero attached hydrogens (tertiary/aromatic N) is 2. The SMILES string of the molecule is Cc1cc(Cn2cc(Cl)c(=O)[nH]c2=O)c2ccccc2n1. The van der Waals surface area contributed by atoms with E-state index in [1.165, 1.54) is 10.8 Å². The molecule has 5 nitrogen and oxygen atoms in total. The number of nitrogens with one attached hydrogen (secondary N) is 1. The standard InChI is InChI=1S/C15H12ClN3O2/c1-9-6-10(11-4-2-3-5-13(11)17-9)7-19-8-12(16)14(20)18-15(19)21/h2-6,8H,7H2,1H3,(H,18,20,21). The van der Waals surface area contributed by atoms with E-state index >= 15 is 0 Å². The van der Waals surface area contributed by atoms with Crippen molar-refractivity contribution in [3.8, 4) is 0 Å². The third-order valence-corrected chi connectivity index (χ3v) is 3.51. The minimum Gasteiger partial charge on any atom is -0.295 e. The van der Waals surface area contributed by atoms with Gasteiger partial charge < -0.3 is 0 Å². The molecule has 0 atom stereocenters. The molecule has 0 fully saturated rings. The second-order valence-electron chi connectivity index (χ2n) is 4.80. The molecule has 2 aromatic heterocycles. The summed E-state index contributed by atoms with van der Waals surface area (Å²) in [5.74, 6) is 0. The number of rotatable bonds is 2. The zero-order valence-electron chi connectivity index (χ0n) is 11.3. The Kier molecular flexibility index (Phi) is 3.35. The van der Waals surface area contributed by atoms with Gasteiger partial charge in [-0.15, -0.1) is 0 Å². The number of halogens is 1. The van der Waals surface area contributed by atoms with E-state index in [-0.39, 0.29) is 5.02 Å². The van der Waals surface area contributed by atoms with E-state index in [9.17, 15) is 9.59 Å². The van der Waals surface area contributed by atoms with Crippen LogP contribution < -0.4 is 11.2 Å². The first kappa shape index (κ1) is 13.6. The summed E-state index contributed by atoms with van der Waals surface area (Å²) in [6.07, 6.45) is 1.35. The lowest BCUT2D eigenvalue weighted by atomic mass is 10.1. The molecule has 0 radical (unpaired) electrons. The lowest BCUT2D eigenvalue weighted by Crippen LogP contribution is -2.30. The smallest absolute Gasteiger partial charge is 0.295 e. The maximum atomic E-state index is 11.9. The van der Waals surface area contributed by atoms with Crippen LogP contribution in [0.25, 0.3) is 10.9 Å². The van der Waals surface area contributed by atoms with Gasteiger partial charge in [0.2, 0.25) is 0 Å². The van der Waals surface area contributed by atoms with E-state index in [0.717, 1.165) is 22.2 Å². The molecule has 0 amide bonds. The van der Waals surface area contributed by atoms with Crippen LogP contribution in [0.1, 0.15) is 11.3 Å². The molecular formula is C15H12ClN3O2. The molecule has 3 rings (SSSR count). The first-order valence-electron chi connectivity index (χ1n) is 6.39. The highest BCUT2D eigenvalue weighted by molar-refractivity contribution is 6.30. The van der Waals surface area contributed by atoms with Gasteiger partial charge in [-0.2, -0.15) is 0 Å². The number of para-hydroxylation sites is 1. The van der Waals surface area contributed by atoms with Gasteiger partial charge in [-0.25, -0.2) is 4.79 Å². The lowest BCUT2D eigenvalue weighted by Gasteiger charge is -2.10. The van der Waals surface area contributed by atoms with Crippen molar-refractivity contribution in [1.82, 2.24) is 14.5 Å². The van der Waals surface area contributed by atoms with Crippen LogP contribution in [0.4, 0.5) is 0 Å². The van der Waals surface area contributed by atoms with Gasteiger partial charge in [0, 0.05) is 17.3 Å².